The molecule has 116 valence electrons. The molecule has 0 saturated heterocycles. The molecule has 1 saturated carbocycles. The summed E-state index contributed by atoms with van der Waals surface area (Å²) in [5.41, 5.74) is 2.87. The largest absolute Gasteiger partial charge is 0.462 e. The van der Waals surface area contributed by atoms with Crippen LogP contribution in [0.3, 0.4) is 0 Å². The summed E-state index contributed by atoms with van der Waals surface area (Å²) in [5, 5.41) is 0. The van der Waals surface area contributed by atoms with Crippen LogP contribution in [0.1, 0.15) is 45.2 Å². The van der Waals surface area contributed by atoms with Crippen molar-refractivity contribution in [2.45, 2.75) is 25.2 Å². The minimum atomic E-state index is -0.420. The molecule has 2 aromatic rings. The van der Waals surface area contributed by atoms with Crippen molar-refractivity contribution in [3.05, 3.63) is 70.8 Å². The van der Waals surface area contributed by atoms with Crippen LogP contribution in [-0.2, 0) is 16.6 Å². The van der Waals surface area contributed by atoms with E-state index in [9.17, 15) is 9.59 Å². The SMILES string of the molecule is CCOC(=O)c1ccccc1C(=O)C12CC1Cc1ccccc12. The lowest BCUT2D eigenvalue weighted by atomic mass is 9.86. The molecule has 0 aromatic heterocycles. The predicted molar refractivity (Wildman–Crippen MR) is 86.7 cm³/mol. The van der Waals surface area contributed by atoms with E-state index in [1.54, 1.807) is 25.1 Å². The molecular weight excluding hydrogens is 288 g/mol. The van der Waals surface area contributed by atoms with Crippen LogP contribution in [0.5, 0.6) is 0 Å². The molecule has 0 amide bonds. The van der Waals surface area contributed by atoms with Gasteiger partial charge in [-0.15, -0.1) is 0 Å². The Morgan fingerprint density at radius 2 is 1.78 bits per heavy atom. The van der Waals surface area contributed by atoms with Crippen LogP contribution in [0.15, 0.2) is 48.5 Å². The van der Waals surface area contributed by atoms with Gasteiger partial charge in [0, 0.05) is 5.56 Å². The van der Waals surface area contributed by atoms with Crippen LogP contribution in [0.2, 0.25) is 0 Å². The predicted octanol–water partition coefficient (Wildman–Crippen LogP) is 3.56. The lowest BCUT2D eigenvalue weighted by Gasteiger charge is -2.16. The van der Waals surface area contributed by atoms with Gasteiger partial charge in [-0.25, -0.2) is 4.79 Å². The average molecular weight is 306 g/mol. The van der Waals surface area contributed by atoms with Crippen molar-refractivity contribution >= 4 is 11.8 Å². The van der Waals surface area contributed by atoms with Gasteiger partial charge in [-0.05, 0) is 42.9 Å². The number of hydrogen-bond donors (Lipinski definition) is 0. The van der Waals surface area contributed by atoms with Crippen LogP contribution in [0.4, 0.5) is 0 Å². The summed E-state index contributed by atoms with van der Waals surface area (Å²) in [6, 6.07) is 15.2. The summed E-state index contributed by atoms with van der Waals surface area (Å²) in [7, 11) is 0. The minimum absolute atomic E-state index is 0.0658. The first-order valence-corrected chi connectivity index (χ1v) is 8.08. The molecule has 2 aliphatic carbocycles. The monoisotopic (exact) mass is 306 g/mol. The molecule has 0 aliphatic heterocycles. The van der Waals surface area contributed by atoms with Gasteiger partial charge in [0.1, 0.15) is 0 Å². The molecule has 0 heterocycles. The number of esters is 1. The van der Waals surface area contributed by atoms with Gasteiger partial charge in [-0.1, -0.05) is 42.5 Å². The van der Waals surface area contributed by atoms with Crippen LogP contribution in [-0.4, -0.2) is 18.4 Å². The summed E-state index contributed by atoms with van der Waals surface area (Å²) in [6.07, 6.45) is 1.85. The van der Waals surface area contributed by atoms with Crippen molar-refractivity contribution < 1.29 is 14.3 Å². The van der Waals surface area contributed by atoms with E-state index in [2.05, 4.69) is 12.1 Å². The lowest BCUT2D eigenvalue weighted by Crippen LogP contribution is -2.24. The maximum atomic E-state index is 13.3. The number of Topliss-reactive ketones (excluding diaryl/α,β-unsaturated/α-hetero) is 1. The van der Waals surface area contributed by atoms with E-state index >= 15 is 0 Å². The molecule has 2 aromatic carbocycles. The van der Waals surface area contributed by atoms with Crippen LogP contribution in [0, 0.1) is 5.92 Å². The second kappa shape index (κ2) is 5.05. The van der Waals surface area contributed by atoms with E-state index in [1.165, 1.54) is 5.56 Å². The van der Waals surface area contributed by atoms with Crippen molar-refractivity contribution in [1.29, 1.82) is 0 Å². The van der Waals surface area contributed by atoms with E-state index in [1.807, 2.05) is 18.2 Å². The van der Waals surface area contributed by atoms with Gasteiger partial charge in [-0.3, -0.25) is 4.79 Å². The van der Waals surface area contributed by atoms with Crippen LogP contribution < -0.4 is 0 Å². The van der Waals surface area contributed by atoms with Crippen molar-refractivity contribution in [3.63, 3.8) is 0 Å². The molecule has 0 bridgehead atoms. The lowest BCUT2D eigenvalue weighted by molar-refractivity contribution is 0.0522. The van der Waals surface area contributed by atoms with Gasteiger partial charge < -0.3 is 4.74 Å². The Hall–Kier alpha value is -2.42. The first kappa shape index (κ1) is 14.2. The zero-order chi connectivity index (χ0) is 16.0. The highest BCUT2D eigenvalue weighted by Crippen LogP contribution is 2.63. The molecule has 2 atom stereocenters. The third kappa shape index (κ3) is 1.96. The molecule has 0 radical (unpaired) electrons. The quantitative estimate of drug-likeness (QED) is 0.641. The van der Waals surface area contributed by atoms with Crippen molar-refractivity contribution in [1.82, 2.24) is 0 Å². The third-order valence-electron chi connectivity index (χ3n) is 5.14. The molecule has 23 heavy (non-hydrogen) atoms. The minimum Gasteiger partial charge on any atom is -0.462 e. The molecule has 3 heteroatoms. The first-order chi connectivity index (χ1) is 11.2. The molecule has 2 unspecified atom stereocenters. The van der Waals surface area contributed by atoms with Gasteiger partial charge >= 0.3 is 5.97 Å². The van der Waals surface area contributed by atoms with E-state index < -0.39 is 11.4 Å². The summed E-state index contributed by atoms with van der Waals surface area (Å²) < 4.78 is 5.11. The highest BCUT2D eigenvalue weighted by molar-refractivity contribution is 6.13. The van der Waals surface area contributed by atoms with Crippen LogP contribution >= 0.6 is 0 Å². The number of rotatable bonds is 4. The van der Waals surface area contributed by atoms with Gasteiger partial charge in [0.2, 0.25) is 0 Å². The number of hydrogen-bond acceptors (Lipinski definition) is 3. The van der Waals surface area contributed by atoms with Gasteiger partial charge in [-0.2, -0.15) is 0 Å². The van der Waals surface area contributed by atoms with E-state index in [0.29, 0.717) is 23.7 Å². The maximum Gasteiger partial charge on any atom is 0.338 e. The summed E-state index contributed by atoms with van der Waals surface area (Å²) >= 11 is 0. The Labute approximate surface area is 135 Å². The van der Waals surface area contributed by atoms with Crippen molar-refractivity contribution in [3.8, 4) is 0 Å². The van der Waals surface area contributed by atoms with Crippen LogP contribution in [0.25, 0.3) is 0 Å². The van der Waals surface area contributed by atoms with Crippen molar-refractivity contribution in [2.24, 2.45) is 5.92 Å². The molecule has 2 aliphatic rings. The topological polar surface area (TPSA) is 43.4 Å². The first-order valence-electron chi connectivity index (χ1n) is 8.08. The van der Waals surface area contributed by atoms with Crippen molar-refractivity contribution in [2.75, 3.05) is 6.61 Å². The van der Waals surface area contributed by atoms with E-state index in [-0.39, 0.29) is 5.78 Å². The maximum absolute atomic E-state index is 13.3. The van der Waals surface area contributed by atoms with Gasteiger partial charge in [0.05, 0.1) is 17.6 Å². The number of ketones is 1. The summed E-state index contributed by atoms with van der Waals surface area (Å²) in [6.45, 7) is 2.07. The summed E-state index contributed by atoms with van der Waals surface area (Å²) in [5.74, 6) is 0.0232. The molecule has 1 fully saturated rings. The fourth-order valence-corrected chi connectivity index (χ4v) is 4.01. The Morgan fingerprint density at radius 3 is 2.57 bits per heavy atom. The standard InChI is InChI=1S/C20H18O3/c1-2-23-19(22)16-9-5-4-8-15(16)18(21)20-12-14(20)11-13-7-3-6-10-17(13)20/h3-10,14H,2,11-12H2,1H3. The number of fused-ring (bicyclic) bond motifs is 3. The molecule has 0 spiro atoms. The zero-order valence-corrected chi connectivity index (χ0v) is 13.0. The fraction of sp³-hybridized carbons (Fsp3) is 0.300. The number of carbonyl (C=O) groups is 2. The average Bonchev–Trinajstić information content (AvgIpc) is 3.21. The smallest absolute Gasteiger partial charge is 0.338 e. The number of ether oxygens (including phenoxy) is 1. The highest BCUT2D eigenvalue weighted by Gasteiger charge is 2.64. The highest BCUT2D eigenvalue weighted by atomic mass is 16.5. The number of benzene rings is 2. The third-order valence-corrected chi connectivity index (χ3v) is 5.14. The molecule has 4 rings (SSSR count). The Bertz CT molecular complexity index is 808. The Morgan fingerprint density at radius 1 is 1.09 bits per heavy atom. The Kier molecular flexibility index (Phi) is 3.12. The van der Waals surface area contributed by atoms with E-state index in [4.69, 9.17) is 4.74 Å². The second-order valence-electron chi connectivity index (χ2n) is 6.33. The van der Waals surface area contributed by atoms with E-state index in [0.717, 1.165) is 18.4 Å². The fourth-order valence-electron chi connectivity index (χ4n) is 4.01. The molecular formula is C20H18O3. The molecule has 3 nitrogen and oxygen atoms in total. The second-order valence-corrected chi connectivity index (χ2v) is 6.33. The molecule has 0 N–H and O–H groups in total. The van der Waals surface area contributed by atoms with Gasteiger partial charge in [0.25, 0.3) is 0 Å². The zero-order valence-electron chi connectivity index (χ0n) is 13.0. The normalized spacial score (nSPS) is 23.8. The summed E-state index contributed by atoms with van der Waals surface area (Å²) in [4.78, 5) is 25.5. The number of carbonyl (C=O) groups excluding carboxylic acids is 2. The van der Waals surface area contributed by atoms with Gasteiger partial charge in [0.15, 0.2) is 5.78 Å². The Balaban J connectivity index is 1.76.